The number of rotatable bonds is 1. The summed E-state index contributed by atoms with van der Waals surface area (Å²) < 4.78 is 1.92. The van der Waals surface area contributed by atoms with Gasteiger partial charge in [-0.25, -0.2) is 0 Å². The minimum atomic E-state index is 0.149. The van der Waals surface area contributed by atoms with Crippen LogP contribution in [0.15, 0.2) is 0 Å². The molecule has 1 aromatic rings. The SMILES string of the molecule is Cc1c(O)nc(C(C)C)n1C. The number of hydrogen-bond donors (Lipinski definition) is 1. The number of aromatic nitrogens is 2. The third-order valence-electron chi connectivity index (χ3n) is 1.91. The Morgan fingerprint density at radius 1 is 1.45 bits per heavy atom. The van der Waals surface area contributed by atoms with Gasteiger partial charge < -0.3 is 9.67 Å². The lowest BCUT2D eigenvalue weighted by Gasteiger charge is -2.04. The molecule has 0 radical (unpaired) electrons. The van der Waals surface area contributed by atoms with Gasteiger partial charge in [-0.2, -0.15) is 4.98 Å². The molecule has 1 heterocycles. The lowest BCUT2D eigenvalue weighted by Crippen LogP contribution is -2.00. The number of hydrogen-bond acceptors (Lipinski definition) is 2. The molecule has 0 spiro atoms. The normalized spacial score (nSPS) is 11.0. The predicted molar refractivity (Wildman–Crippen MR) is 43.7 cm³/mol. The van der Waals surface area contributed by atoms with Gasteiger partial charge in [-0.3, -0.25) is 0 Å². The van der Waals surface area contributed by atoms with Gasteiger partial charge in [-0.1, -0.05) is 13.8 Å². The number of imidazole rings is 1. The zero-order chi connectivity index (χ0) is 8.59. The number of nitrogens with zero attached hydrogens (tertiary/aromatic N) is 2. The Labute approximate surface area is 66.7 Å². The van der Waals surface area contributed by atoms with E-state index in [0.717, 1.165) is 11.5 Å². The molecule has 0 amide bonds. The Morgan fingerprint density at radius 2 is 2.00 bits per heavy atom. The molecule has 0 aliphatic rings. The van der Waals surface area contributed by atoms with E-state index >= 15 is 0 Å². The summed E-state index contributed by atoms with van der Waals surface area (Å²) in [4.78, 5) is 4.03. The van der Waals surface area contributed by atoms with E-state index in [1.54, 1.807) is 0 Å². The Bertz CT molecular complexity index is 263. The van der Waals surface area contributed by atoms with Crippen molar-refractivity contribution >= 4 is 0 Å². The lowest BCUT2D eigenvalue weighted by molar-refractivity contribution is 0.450. The van der Waals surface area contributed by atoms with Crippen molar-refractivity contribution in [1.82, 2.24) is 9.55 Å². The van der Waals surface area contributed by atoms with E-state index in [-0.39, 0.29) is 5.88 Å². The van der Waals surface area contributed by atoms with Crippen LogP contribution in [-0.2, 0) is 7.05 Å². The number of aromatic hydroxyl groups is 1. The molecule has 1 N–H and O–H groups in total. The van der Waals surface area contributed by atoms with Crippen LogP contribution in [0.25, 0.3) is 0 Å². The molecule has 0 aliphatic carbocycles. The van der Waals surface area contributed by atoms with Crippen LogP contribution >= 0.6 is 0 Å². The molecule has 1 rings (SSSR count). The van der Waals surface area contributed by atoms with Crippen molar-refractivity contribution in [3.05, 3.63) is 11.5 Å². The van der Waals surface area contributed by atoms with Gasteiger partial charge in [0.15, 0.2) is 0 Å². The van der Waals surface area contributed by atoms with Crippen molar-refractivity contribution in [2.45, 2.75) is 26.7 Å². The maximum Gasteiger partial charge on any atom is 0.232 e. The highest BCUT2D eigenvalue weighted by molar-refractivity contribution is 5.20. The van der Waals surface area contributed by atoms with Gasteiger partial charge in [-0.05, 0) is 6.92 Å². The molecule has 0 aromatic carbocycles. The highest BCUT2D eigenvalue weighted by Crippen LogP contribution is 2.20. The molecular weight excluding hydrogens is 140 g/mol. The highest BCUT2D eigenvalue weighted by Gasteiger charge is 2.11. The fourth-order valence-electron chi connectivity index (χ4n) is 1.10. The summed E-state index contributed by atoms with van der Waals surface area (Å²) in [5.74, 6) is 1.44. The van der Waals surface area contributed by atoms with Crippen molar-refractivity contribution < 1.29 is 5.11 Å². The van der Waals surface area contributed by atoms with E-state index in [1.807, 2.05) is 18.5 Å². The van der Waals surface area contributed by atoms with E-state index < -0.39 is 0 Å². The topological polar surface area (TPSA) is 38.1 Å². The van der Waals surface area contributed by atoms with E-state index in [4.69, 9.17) is 0 Å². The summed E-state index contributed by atoms with van der Waals surface area (Å²) >= 11 is 0. The minimum Gasteiger partial charge on any atom is -0.492 e. The molecular formula is C8H14N2O. The first-order valence-corrected chi connectivity index (χ1v) is 3.76. The fourth-order valence-corrected chi connectivity index (χ4v) is 1.10. The first-order chi connectivity index (χ1) is 5.04. The second kappa shape index (κ2) is 2.57. The molecule has 0 saturated carbocycles. The summed E-state index contributed by atoms with van der Waals surface area (Å²) in [6.45, 7) is 5.97. The molecule has 11 heavy (non-hydrogen) atoms. The summed E-state index contributed by atoms with van der Waals surface area (Å²) in [5.41, 5.74) is 0.828. The van der Waals surface area contributed by atoms with Crippen molar-refractivity contribution in [3.8, 4) is 5.88 Å². The molecule has 0 atom stereocenters. The van der Waals surface area contributed by atoms with E-state index in [2.05, 4.69) is 18.8 Å². The summed E-state index contributed by atoms with van der Waals surface area (Å²) in [6.07, 6.45) is 0. The lowest BCUT2D eigenvalue weighted by atomic mass is 10.2. The van der Waals surface area contributed by atoms with Crippen molar-refractivity contribution in [3.63, 3.8) is 0 Å². The second-order valence-electron chi connectivity index (χ2n) is 3.09. The summed E-state index contributed by atoms with van der Waals surface area (Å²) in [6, 6.07) is 0. The zero-order valence-electron chi connectivity index (χ0n) is 7.42. The Balaban J connectivity index is 3.19. The van der Waals surface area contributed by atoms with Gasteiger partial charge in [0.25, 0.3) is 0 Å². The van der Waals surface area contributed by atoms with Crippen LogP contribution in [0.1, 0.15) is 31.3 Å². The van der Waals surface area contributed by atoms with Gasteiger partial charge in [0.05, 0.1) is 5.69 Å². The average Bonchev–Trinajstić information content (AvgIpc) is 2.17. The molecule has 62 valence electrons. The van der Waals surface area contributed by atoms with Crippen LogP contribution in [0.3, 0.4) is 0 Å². The van der Waals surface area contributed by atoms with E-state index in [0.29, 0.717) is 5.92 Å². The third kappa shape index (κ3) is 1.23. The first kappa shape index (κ1) is 8.11. The predicted octanol–water partition coefficient (Wildman–Crippen LogP) is 1.56. The maximum absolute atomic E-state index is 9.24. The Hall–Kier alpha value is -0.990. The summed E-state index contributed by atoms with van der Waals surface area (Å²) in [7, 11) is 1.91. The highest BCUT2D eigenvalue weighted by atomic mass is 16.3. The molecule has 0 bridgehead atoms. The van der Waals surface area contributed by atoms with Crippen molar-refractivity contribution in [1.29, 1.82) is 0 Å². The van der Waals surface area contributed by atoms with Crippen LogP contribution in [0, 0.1) is 6.92 Å². The summed E-state index contributed by atoms with van der Waals surface area (Å²) in [5, 5.41) is 9.24. The van der Waals surface area contributed by atoms with Gasteiger partial charge in [0.2, 0.25) is 5.88 Å². The van der Waals surface area contributed by atoms with Crippen LogP contribution < -0.4 is 0 Å². The largest absolute Gasteiger partial charge is 0.492 e. The standard InChI is InChI=1S/C8H14N2O/c1-5(2)7-9-8(11)6(3)10(7)4/h5,11H,1-4H3. The van der Waals surface area contributed by atoms with Crippen LogP contribution in [0.4, 0.5) is 0 Å². The first-order valence-electron chi connectivity index (χ1n) is 3.76. The van der Waals surface area contributed by atoms with Crippen molar-refractivity contribution in [2.24, 2.45) is 7.05 Å². The molecule has 0 saturated heterocycles. The zero-order valence-corrected chi connectivity index (χ0v) is 7.42. The van der Waals surface area contributed by atoms with Crippen LogP contribution in [0.2, 0.25) is 0 Å². The van der Waals surface area contributed by atoms with Crippen LogP contribution in [0.5, 0.6) is 5.88 Å². The van der Waals surface area contributed by atoms with Crippen molar-refractivity contribution in [2.75, 3.05) is 0 Å². The Morgan fingerprint density at radius 3 is 2.18 bits per heavy atom. The second-order valence-corrected chi connectivity index (χ2v) is 3.09. The smallest absolute Gasteiger partial charge is 0.232 e. The van der Waals surface area contributed by atoms with Gasteiger partial charge in [-0.15, -0.1) is 0 Å². The molecule has 3 heteroatoms. The van der Waals surface area contributed by atoms with Gasteiger partial charge in [0.1, 0.15) is 5.82 Å². The molecule has 0 fully saturated rings. The molecule has 0 unspecified atom stereocenters. The maximum atomic E-state index is 9.24. The average molecular weight is 154 g/mol. The molecule has 0 aliphatic heterocycles. The minimum absolute atomic E-state index is 0.149. The molecule has 1 aromatic heterocycles. The van der Waals surface area contributed by atoms with Crippen LogP contribution in [-0.4, -0.2) is 14.7 Å². The Kier molecular flexibility index (Phi) is 1.89. The van der Waals surface area contributed by atoms with E-state index in [1.165, 1.54) is 0 Å². The third-order valence-corrected chi connectivity index (χ3v) is 1.91. The fraction of sp³-hybridized carbons (Fsp3) is 0.625. The monoisotopic (exact) mass is 154 g/mol. The van der Waals surface area contributed by atoms with E-state index in [9.17, 15) is 5.11 Å². The van der Waals surface area contributed by atoms with Gasteiger partial charge in [0, 0.05) is 13.0 Å². The van der Waals surface area contributed by atoms with Gasteiger partial charge >= 0.3 is 0 Å². The quantitative estimate of drug-likeness (QED) is 0.666. The molecule has 3 nitrogen and oxygen atoms in total.